The van der Waals surface area contributed by atoms with Crippen LogP contribution in [-0.2, 0) is 13.2 Å². The molecule has 0 aliphatic heterocycles. The number of ether oxygens (including phenoxy) is 1. The van der Waals surface area contributed by atoms with Gasteiger partial charge < -0.3 is 22.5 Å². The Labute approximate surface area is 190 Å². The SMILES string of the molecule is [Cl-].c1ccc(-n2nnnc2SCCNCc2ccc(OCc3cccs3)cc2)cc1. The minimum Gasteiger partial charge on any atom is -1.00 e. The molecular formula is C21H21ClN5OS2-. The van der Waals surface area contributed by atoms with E-state index in [0.29, 0.717) is 6.61 Å². The number of aromatic nitrogens is 4. The van der Waals surface area contributed by atoms with E-state index < -0.39 is 0 Å². The molecule has 0 radical (unpaired) electrons. The molecule has 4 rings (SSSR count). The van der Waals surface area contributed by atoms with Crippen LogP contribution in [0.3, 0.4) is 0 Å². The van der Waals surface area contributed by atoms with Crippen LogP contribution in [0.5, 0.6) is 5.75 Å². The summed E-state index contributed by atoms with van der Waals surface area (Å²) in [6, 6.07) is 22.3. The molecule has 0 bridgehead atoms. The number of halogens is 1. The van der Waals surface area contributed by atoms with E-state index in [2.05, 4.69) is 44.4 Å². The maximum Gasteiger partial charge on any atom is 0.214 e. The Hall–Kier alpha value is -2.39. The summed E-state index contributed by atoms with van der Waals surface area (Å²) < 4.78 is 7.57. The van der Waals surface area contributed by atoms with E-state index in [4.69, 9.17) is 4.74 Å². The minimum atomic E-state index is 0. The number of para-hydroxylation sites is 1. The number of tetrazole rings is 1. The maximum atomic E-state index is 5.80. The third-order valence-electron chi connectivity index (χ3n) is 4.17. The lowest BCUT2D eigenvalue weighted by atomic mass is 10.2. The zero-order valence-corrected chi connectivity index (χ0v) is 18.5. The summed E-state index contributed by atoms with van der Waals surface area (Å²) in [5.41, 5.74) is 2.20. The molecule has 2 aromatic carbocycles. The van der Waals surface area contributed by atoms with Crippen molar-refractivity contribution in [3.8, 4) is 11.4 Å². The standard InChI is InChI=1S/C21H21N5OS2.ClH/c1-2-5-18(6-3-1)26-21(23-24-25-26)29-14-12-22-15-17-8-10-19(11-9-17)27-16-20-7-4-13-28-20;/h1-11,13,22H,12,14-16H2;1H/p-1. The van der Waals surface area contributed by atoms with Gasteiger partial charge in [0.15, 0.2) is 0 Å². The molecule has 0 unspecified atom stereocenters. The molecule has 6 nitrogen and oxygen atoms in total. The quantitative estimate of drug-likeness (QED) is 0.284. The number of hydrogen-bond donors (Lipinski definition) is 1. The van der Waals surface area contributed by atoms with Crippen LogP contribution >= 0.6 is 23.1 Å². The monoisotopic (exact) mass is 458 g/mol. The Kier molecular flexibility index (Phi) is 8.70. The zero-order valence-electron chi connectivity index (χ0n) is 16.1. The molecule has 0 aliphatic rings. The Bertz CT molecular complexity index is 994. The second-order valence-electron chi connectivity index (χ2n) is 6.25. The molecule has 2 heterocycles. The molecule has 0 fully saturated rings. The first-order chi connectivity index (χ1) is 14.4. The van der Waals surface area contributed by atoms with Gasteiger partial charge in [0, 0.05) is 23.7 Å². The molecule has 0 amide bonds. The van der Waals surface area contributed by atoms with Gasteiger partial charge in [0.05, 0.1) is 5.69 Å². The fourth-order valence-corrected chi connectivity index (χ4v) is 4.10. The number of benzene rings is 2. The van der Waals surface area contributed by atoms with Crippen LogP contribution in [0.1, 0.15) is 10.4 Å². The molecule has 156 valence electrons. The lowest BCUT2D eigenvalue weighted by molar-refractivity contribution is -0.00000623. The minimum absolute atomic E-state index is 0. The lowest BCUT2D eigenvalue weighted by Crippen LogP contribution is -3.00. The maximum absolute atomic E-state index is 5.80. The largest absolute Gasteiger partial charge is 1.00 e. The van der Waals surface area contributed by atoms with E-state index in [1.165, 1.54) is 10.4 Å². The second-order valence-corrected chi connectivity index (χ2v) is 8.34. The van der Waals surface area contributed by atoms with Crippen LogP contribution in [0, 0.1) is 0 Å². The topological polar surface area (TPSA) is 64.9 Å². The van der Waals surface area contributed by atoms with Crippen molar-refractivity contribution in [2.24, 2.45) is 0 Å². The Balaban J connectivity index is 0.00000256. The number of thioether (sulfide) groups is 1. The fraction of sp³-hybridized carbons (Fsp3) is 0.190. The molecular weight excluding hydrogens is 438 g/mol. The molecule has 0 aliphatic carbocycles. The summed E-state index contributed by atoms with van der Waals surface area (Å²) in [7, 11) is 0. The first-order valence-corrected chi connectivity index (χ1v) is 11.2. The van der Waals surface area contributed by atoms with E-state index in [0.717, 1.165) is 35.4 Å². The first kappa shape index (κ1) is 22.3. The van der Waals surface area contributed by atoms with Crippen molar-refractivity contribution in [1.29, 1.82) is 0 Å². The fourth-order valence-electron chi connectivity index (χ4n) is 2.70. The van der Waals surface area contributed by atoms with Crippen molar-refractivity contribution in [3.05, 3.63) is 82.6 Å². The van der Waals surface area contributed by atoms with Gasteiger partial charge in [-0.15, -0.1) is 16.4 Å². The third-order valence-corrected chi connectivity index (χ3v) is 5.94. The summed E-state index contributed by atoms with van der Waals surface area (Å²) in [5, 5.41) is 18.3. The highest BCUT2D eigenvalue weighted by molar-refractivity contribution is 7.99. The van der Waals surface area contributed by atoms with Crippen molar-refractivity contribution in [1.82, 2.24) is 25.5 Å². The smallest absolute Gasteiger partial charge is 0.214 e. The van der Waals surface area contributed by atoms with Gasteiger partial charge in [-0.3, -0.25) is 0 Å². The van der Waals surface area contributed by atoms with Crippen LogP contribution < -0.4 is 22.5 Å². The summed E-state index contributed by atoms with van der Waals surface area (Å²) in [6.45, 7) is 2.30. The van der Waals surface area contributed by atoms with Crippen LogP contribution in [0.2, 0.25) is 0 Å². The van der Waals surface area contributed by atoms with Gasteiger partial charge in [-0.25, -0.2) is 0 Å². The zero-order chi connectivity index (χ0) is 19.7. The van der Waals surface area contributed by atoms with Crippen LogP contribution in [0.15, 0.2) is 77.3 Å². The Morgan fingerprint density at radius 1 is 1.00 bits per heavy atom. The van der Waals surface area contributed by atoms with Crippen LogP contribution in [0.4, 0.5) is 0 Å². The molecule has 0 spiro atoms. The van der Waals surface area contributed by atoms with E-state index in [-0.39, 0.29) is 12.4 Å². The molecule has 0 saturated heterocycles. The average molecular weight is 459 g/mol. The predicted molar refractivity (Wildman–Crippen MR) is 117 cm³/mol. The van der Waals surface area contributed by atoms with E-state index >= 15 is 0 Å². The number of thiophene rings is 1. The number of hydrogen-bond acceptors (Lipinski definition) is 7. The predicted octanol–water partition coefficient (Wildman–Crippen LogP) is 1.19. The number of nitrogens with one attached hydrogen (secondary N) is 1. The normalized spacial score (nSPS) is 10.5. The highest BCUT2D eigenvalue weighted by atomic mass is 35.5. The molecule has 0 atom stereocenters. The Morgan fingerprint density at radius 2 is 1.83 bits per heavy atom. The van der Waals surface area contributed by atoms with Crippen molar-refractivity contribution in [3.63, 3.8) is 0 Å². The van der Waals surface area contributed by atoms with Gasteiger partial charge in [0.1, 0.15) is 12.4 Å². The van der Waals surface area contributed by atoms with Gasteiger partial charge in [-0.2, -0.15) is 4.68 Å². The second kappa shape index (κ2) is 11.7. The molecule has 2 aromatic heterocycles. The van der Waals surface area contributed by atoms with E-state index in [1.807, 2.05) is 48.5 Å². The Morgan fingerprint density at radius 3 is 2.60 bits per heavy atom. The van der Waals surface area contributed by atoms with Crippen molar-refractivity contribution in [2.45, 2.75) is 18.3 Å². The van der Waals surface area contributed by atoms with Crippen molar-refractivity contribution >= 4 is 23.1 Å². The highest BCUT2D eigenvalue weighted by Gasteiger charge is 2.08. The molecule has 4 aromatic rings. The van der Waals surface area contributed by atoms with Gasteiger partial charge in [-0.05, 0) is 51.7 Å². The summed E-state index contributed by atoms with van der Waals surface area (Å²) in [4.78, 5) is 1.23. The summed E-state index contributed by atoms with van der Waals surface area (Å²) >= 11 is 3.35. The number of nitrogens with zero attached hydrogens (tertiary/aromatic N) is 4. The van der Waals surface area contributed by atoms with Crippen LogP contribution in [-0.4, -0.2) is 32.5 Å². The summed E-state index contributed by atoms with van der Waals surface area (Å²) in [5.74, 6) is 1.78. The van der Waals surface area contributed by atoms with Crippen molar-refractivity contribution < 1.29 is 17.1 Å². The van der Waals surface area contributed by atoms with Gasteiger partial charge in [-0.1, -0.05) is 48.2 Å². The highest BCUT2D eigenvalue weighted by Crippen LogP contribution is 2.18. The van der Waals surface area contributed by atoms with Crippen molar-refractivity contribution in [2.75, 3.05) is 12.3 Å². The molecule has 30 heavy (non-hydrogen) atoms. The average Bonchev–Trinajstić information content (AvgIpc) is 3.46. The number of rotatable bonds is 10. The van der Waals surface area contributed by atoms with E-state index in [9.17, 15) is 0 Å². The molecule has 9 heteroatoms. The first-order valence-electron chi connectivity index (χ1n) is 9.30. The van der Waals surface area contributed by atoms with Gasteiger partial charge in [0.25, 0.3) is 0 Å². The van der Waals surface area contributed by atoms with Gasteiger partial charge >= 0.3 is 0 Å². The van der Waals surface area contributed by atoms with Crippen LogP contribution in [0.25, 0.3) is 5.69 Å². The molecule has 0 saturated carbocycles. The lowest BCUT2D eigenvalue weighted by Gasteiger charge is -2.08. The molecule has 1 N–H and O–H groups in total. The summed E-state index contributed by atoms with van der Waals surface area (Å²) in [6.07, 6.45) is 0. The van der Waals surface area contributed by atoms with Gasteiger partial charge in [0.2, 0.25) is 5.16 Å². The third kappa shape index (κ3) is 6.30. The van der Waals surface area contributed by atoms with E-state index in [1.54, 1.807) is 27.8 Å².